The van der Waals surface area contributed by atoms with E-state index in [1.165, 1.54) is 12.3 Å². The number of nitrogens with two attached hydrogens (primary N) is 1. The largest absolute Gasteiger partial charge is 0.309 e. The van der Waals surface area contributed by atoms with Crippen LogP contribution in [0.4, 0.5) is 5.82 Å². The molecule has 1 heterocycles. The SMILES string of the molecule is CN(C)CC(C)(C)CNS(=O)(=O)c1cnc(NN)c(Cl)c1. The Balaban J connectivity index is 2.85. The van der Waals surface area contributed by atoms with Gasteiger partial charge in [-0.15, -0.1) is 0 Å². The Morgan fingerprint density at radius 2 is 2.05 bits per heavy atom. The van der Waals surface area contributed by atoms with Crippen molar-refractivity contribution in [1.82, 2.24) is 14.6 Å². The lowest BCUT2D eigenvalue weighted by Crippen LogP contribution is -2.39. The van der Waals surface area contributed by atoms with E-state index in [1.807, 2.05) is 32.8 Å². The molecule has 0 aliphatic rings. The van der Waals surface area contributed by atoms with Gasteiger partial charge in [0.05, 0.1) is 5.02 Å². The summed E-state index contributed by atoms with van der Waals surface area (Å²) in [5.41, 5.74) is 2.09. The molecule has 120 valence electrons. The third-order valence-electron chi connectivity index (χ3n) is 2.75. The van der Waals surface area contributed by atoms with Crippen molar-refractivity contribution >= 4 is 27.4 Å². The third kappa shape index (κ3) is 5.40. The fraction of sp³-hybridized carbons (Fsp3) is 0.583. The molecular formula is C12H22ClN5O2S. The van der Waals surface area contributed by atoms with Gasteiger partial charge in [-0.25, -0.2) is 24.0 Å². The van der Waals surface area contributed by atoms with Gasteiger partial charge in [-0.1, -0.05) is 25.4 Å². The van der Waals surface area contributed by atoms with E-state index in [-0.39, 0.29) is 21.2 Å². The average Bonchev–Trinajstić information content (AvgIpc) is 2.35. The number of nitrogens with zero attached hydrogens (tertiary/aromatic N) is 2. The van der Waals surface area contributed by atoms with Gasteiger partial charge in [0.2, 0.25) is 10.0 Å². The minimum absolute atomic E-state index is 0.00662. The Hall–Kier alpha value is -0.930. The highest BCUT2D eigenvalue weighted by atomic mass is 35.5. The van der Waals surface area contributed by atoms with Crippen molar-refractivity contribution in [3.05, 3.63) is 17.3 Å². The Bertz CT molecular complexity index is 589. The van der Waals surface area contributed by atoms with Gasteiger partial charge >= 0.3 is 0 Å². The minimum atomic E-state index is -3.66. The zero-order valence-electron chi connectivity index (χ0n) is 12.6. The maximum absolute atomic E-state index is 12.2. The van der Waals surface area contributed by atoms with Crippen molar-refractivity contribution in [2.75, 3.05) is 32.6 Å². The number of hydrazine groups is 1. The van der Waals surface area contributed by atoms with Gasteiger partial charge < -0.3 is 10.3 Å². The maximum atomic E-state index is 12.2. The van der Waals surface area contributed by atoms with Crippen molar-refractivity contribution < 1.29 is 8.42 Å². The van der Waals surface area contributed by atoms with Gasteiger partial charge in [0.25, 0.3) is 0 Å². The Morgan fingerprint density at radius 1 is 1.43 bits per heavy atom. The molecule has 1 aromatic heterocycles. The van der Waals surface area contributed by atoms with Gasteiger partial charge in [0, 0.05) is 19.3 Å². The van der Waals surface area contributed by atoms with Crippen LogP contribution >= 0.6 is 11.6 Å². The standard InChI is InChI=1S/C12H22ClN5O2S/c1-12(2,8-18(3)4)7-16-21(19,20)9-5-10(13)11(17-14)15-6-9/h5-6,16H,7-8,14H2,1-4H3,(H,15,17). The van der Waals surface area contributed by atoms with Gasteiger partial charge in [0.15, 0.2) is 5.82 Å². The summed E-state index contributed by atoms with van der Waals surface area (Å²) in [6.07, 6.45) is 1.21. The van der Waals surface area contributed by atoms with E-state index in [2.05, 4.69) is 15.1 Å². The molecule has 0 amide bonds. The van der Waals surface area contributed by atoms with Gasteiger partial charge in [0.1, 0.15) is 4.90 Å². The molecule has 0 atom stereocenters. The first-order valence-electron chi connectivity index (χ1n) is 6.34. The number of hydrogen-bond donors (Lipinski definition) is 3. The highest BCUT2D eigenvalue weighted by Gasteiger charge is 2.23. The normalized spacial score (nSPS) is 12.7. The average molecular weight is 336 g/mol. The van der Waals surface area contributed by atoms with Crippen LogP contribution in [0.3, 0.4) is 0 Å². The molecule has 7 nitrogen and oxygen atoms in total. The number of pyridine rings is 1. The quantitative estimate of drug-likeness (QED) is 0.505. The molecule has 21 heavy (non-hydrogen) atoms. The number of nitrogens with one attached hydrogen (secondary N) is 2. The maximum Gasteiger partial charge on any atom is 0.242 e. The number of hydrogen-bond acceptors (Lipinski definition) is 6. The molecule has 0 saturated heterocycles. The predicted molar refractivity (Wildman–Crippen MR) is 84.6 cm³/mol. The fourth-order valence-corrected chi connectivity index (χ4v) is 3.46. The van der Waals surface area contributed by atoms with Crippen LogP contribution < -0.4 is 16.0 Å². The molecule has 0 bridgehead atoms. The van der Waals surface area contributed by atoms with Gasteiger partial charge in [-0.05, 0) is 25.6 Å². The Labute approximate surface area is 130 Å². The molecule has 0 spiro atoms. The van der Waals surface area contributed by atoms with E-state index in [0.717, 1.165) is 6.54 Å². The van der Waals surface area contributed by atoms with Crippen molar-refractivity contribution in [2.24, 2.45) is 11.3 Å². The number of anilines is 1. The van der Waals surface area contributed by atoms with Crippen LogP contribution in [0, 0.1) is 5.41 Å². The van der Waals surface area contributed by atoms with Crippen molar-refractivity contribution in [2.45, 2.75) is 18.7 Å². The summed E-state index contributed by atoms with van der Waals surface area (Å²) in [5.74, 6) is 5.43. The van der Waals surface area contributed by atoms with Crippen LogP contribution in [0.1, 0.15) is 13.8 Å². The first-order chi connectivity index (χ1) is 9.57. The van der Waals surface area contributed by atoms with E-state index >= 15 is 0 Å². The fourth-order valence-electron chi connectivity index (χ4n) is 1.96. The first kappa shape index (κ1) is 18.1. The summed E-state index contributed by atoms with van der Waals surface area (Å²) in [4.78, 5) is 5.88. The van der Waals surface area contributed by atoms with Gasteiger partial charge in [-0.2, -0.15) is 0 Å². The molecule has 0 aromatic carbocycles. The van der Waals surface area contributed by atoms with E-state index < -0.39 is 10.0 Å². The third-order valence-corrected chi connectivity index (χ3v) is 4.40. The van der Waals surface area contributed by atoms with E-state index in [1.54, 1.807) is 0 Å². The zero-order valence-corrected chi connectivity index (χ0v) is 14.2. The molecule has 1 rings (SSSR count). The van der Waals surface area contributed by atoms with Crippen LogP contribution in [0.15, 0.2) is 17.2 Å². The van der Waals surface area contributed by atoms with Gasteiger partial charge in [-0.3, -0.25) is 0 Å². The molecular weight excluding hydrogens is 314 g/mol. The number of nitrogen functional groups attached to an aromatic ring is 1. The zero-order chi connectivity index (χ0) is 16.3. The number of halogens is 1. The van der Waals surface area contributed by atoms with Crippen LogP contribution in [0.25, 0.3) is 0 Å². The molecule has 0 unspecified atom stereocenters. The highest BCUT2D eigenvalue weighted by molar-refractivity contribution is 7.89. The van der Waals surface area contributed by atoms with E-state index in [0.29, 0.717) is 6.54 Å². The molecule has 0 aliphatic heterocycles. The summed E-state index contributed by atoms with van der Waals surface area (Å²) in [5, 5.41) is 0.146. The lowest BCUT2D eigenvalue weighted by atomic mass is 9.93. The highest BCUT2D eigenvalue weighted by Crippen LogP contribution is 2.22. The van der Waals surface area contributed by atoms with Crippen molar-refractivity contribution in [3.8, 4) is 0 Å². The lowest BCUT2D eigenvalue weighted by Gasteiger charge is -2.28. The molecule has 0 fully saturated rings. The van der Waals surface area contributed by atoms with Crippen LogP contribution in [0.5, 0.6) is 0 Å². The number of rotatable bonds is 7. The molecule has 9 heteroatoms. The Morgan fingerprint density at radius 3 is 2.52 bits per heavy atom. The smallest absolute Gasteiger partial charge is 0.242 e. The summed E-state index contributed by atoms with van der Waals surface area (Å²) < 4.78 is 27.1. The van der Waals surface area contributed by atoms with Crippen LogP contribution in [0.2, 0.25) is 5.02 Å². The molecule has 4 N–H and O–H groups in total. The van der Waals surface area contributed by atoms with E-state index in [9.17, 15) is 8.42 Å². The first-order valence-corrected chi connectivity index (χ1v) is 8.20. The molecule has 0 saturated carbocycles. The summed E-state index contributed by atoms with van der Waals surface area (Å²) in [7, 11) is 0.225. The predicted octanol–water partition coefficient (Wildman–Crippen LogP) is 0.887. The topological polar surface area (TPSA) is 100 Å². The summed E-state index contributed by atoms with van der Waals surface area (Å²) in [6.45, 7) is 5.04. The number of sulfonamides is 1. The van der Waals surface area contributed by atoms with Crippen LogP contribution in [-0.4, -0.2) is 45.5 Å². The molecule has 0 aliphatic carbocycles. The summed E-state index contributed by atoms with van der Waals surface area (Å²) in [6, 6.07) is 1.31. The second-order valence-corrected chi connectivity index (χ2v) is 8.05. The minimum Gasteiger partial charge on any atom is -0.309 e. The second kappa shape index (κ2) is 6.89. The molecule has 1 aromatic rings. The Kier molecular flexibility index (Phi) is 5.94. The van der Waals surface area contributed by atoms with Crippen molar-refractivity contribution in [1.29, 1.82) is 0 Å². The summed E-state index contributed by atoms with van der Waals surface area (Å²) >= 11 is 5.89. The van der Waals surface area contributed by atoms with E-state index in [4.69, 9.17) is 17.4 Å². The lowest BCUT2D eigenvalue weighted by molar-refractivity contribution is 0.242. The second-order valence-electron chi connectivity index (χ2n) is 5.87. The number of aromatic nitrogens is 1. The van der Waals surface area contributed by atoms with Crippen molar-refractivity contribution in [3.63, 3.8) is 0 Å². The molecule has 0 radical (unpaired) electrons. The monoisotopic (exact) mass is 335 g/mol. The van der Waals surface area contributed by atoms with Crippen LogP contribution in [-0.2, 0) is 10.0 Å².